The molecule has 3 nitrogen and oxygen atoms in total. The third kappa shape index (κ3) is 2.63. The van der Waals surface area contributed by atoms with Crippen LogP contribution in [0.3, 0.4) is 0 Å². The van der Waals surface area contributed by atoms with Gasteiger partial charge in [-0.05, 0) is 36.8 Å². The van der Waals surface area contributed by atoms with Gasteiger partial charge in [-0.3, -0.25) is 9.99 Å². The van der Waals surface area contributed by atoms with E-state index >= 15 is 0 Å². The summed E-state index contributed by atoms with van der Waals surface area (Å²) >= 11 is 6.25. The summed E-state index contributed by atoms with van der Waals surface area (Å²) in [6.45, 7) is 2.98. The van der Waals surface area contributed by atoms with E-state index in [0.717, 1.165) is 29.4 Å². The molecule has 1 aliphatic rings. The summed E-state index contributed by atoms with van der Waals surface area (Å²) in [5.41, 5.74) is 8.02. The van der Waals surface area contributed by atoms with Gasteiger partial charge in [0.25, 0.3) is 0 Å². The Hall–Kier alpha value is -2.00. The van der Waals surface area contributed by atoms with E-state index in [1.54, 1.807) is 0 Å². The van der Waals surface area contributed by atoms with E-state index in [2.05, 4.69) is 22.3 Å². The zero-order valence-corrected chi connectivity index (χ0v) is 12.1. The van der Waals surface area contributed by atoms with E-state index in [1.165, 1.54) is 11.3 Å². The fraction of sp³-hybridized carbons (Fsp3) is 0.188. The topological polar surface area (TPSA) is 28.2 Å². The standard InChI is InChI=1S/C16H16ClN3/c1-12-11-20(16-8-3-2-7-14(16)17)19-15(12)10-13-6-4-5-9-18-13/h2-9,19H,10-11H2,1H3. The fourth-order valence-electron chi connectivity index (χ4n) is 2.32. The number of nitrogens with zero attached hydrogens (tertiary/aromatic N) is 2. The van der Waals surface area contributed by atoms with Gasteiger partial charge in [-0.1, -0.05) is 29.8 Å². The van der Waals surface area contributed by atoms with Crippen molar-refractivity contribution in [2.75, 3.05) is 11.6 Å². The van der Waals surface area contributed by atoms with Gasteiger partial charge in [0.05, 0.1) is 17.3 Å². The monoisotopic (exact) mass is 285 g/mol. The van der Waals surface area contributed by atoms with Gasteiger partial charge in [0.1, 0.15) is 0 Å². The van der Waals surface area contributed by atoms with E-state index in [4.69, 9.17) is 11.6 Å². The lowest BCUT2D eigenvalue weighted by Gasteiger charge is -2.21. The third-order valence-corrected chi connectivity index (χ3v) is 3.73. The lowest BCUT2D eigenvalue weighted by atomic mass is 10.1. The molecule has 2 heterocycles. The van der Waals surface area contributed by atoms with E-state index in [0.29, 0.717) is 0 Å². The van der Waals surface area contributed by atoms with Crippen molar-refractivity contribution in [2.45, 2.75) is 13.3 Å². The molecule has 0 atom stereocenters. The minimum absolute atomic E-state index is 0.756. The van der Waals surface area contributed by atoms with E-state index in [-0.39, 0.29) is 0 Å². The van der Waals surface area contributed by atoms with Crippen molar-refractivity contribution in [2.24, 2.45) is 0 Å². The summed E-state index contributed by atoms with van der Waals surface area (Å²) in [4.78, 5) is 4.37. The maximum absolute atomic E-state index is 6.25. The highest BCUT2D eigenvalue weighted by atomic mass is 35.5. The van der Waals surface area contributed by atoms with Crippen LogP contribution in [0.1, 0.15) is 12.6 Å². The molecule has 0 saturated heterocycles. The highest BCUT2D eigenvalue weighted by Crippen LogP contribution is 2.28. The second-order valence-corrected chi connectivity index (χ2v) is 5.31. The first-order chi connectivity index (χ1) is 9.74. The molecule has 0 amide bonds. The van der Waals surface area contributed by atoms with Crippen molar-refractivity contribution < 1.29 is 0 Å². The maximum Gasteiger partial charge on any atom is 0.0761 e. The summed E-state index contributed by atoms with van der Waals surface area (Å²) in [5, 5.41) is 2.84. The molecule has 1 N–H and O–H groups in total. The number of pyridine rings is 1. The Morgan fingerprint density at radius 2 is 2.00 bits per heavy atom. The predicted octanol–water partition coefficient (Wildman–Crippen LogP) is 3.58. The van der Waals surface area contributed by atoms with Crippen molar-refractivity contribution >= 4 is 17.3 Å². The second-order valence-electron chi connectivity index (χ2n) is 4.91. The fourth-order valence-corrected chi connectivity index (χ4v) is 2.56. The van der Waals surface area contributed by atoms with Crippen LogP contribution in [-0.2, 0) is 6.42 Å². The predicted molar refractivity (Wildman–Crippen MR) is 82.6 cm³/mol. The second kappa shape index (κ2) is 5.55. The number of para-hydroxylation sites is 1. The Balaban J connectivity index is 1.76. The van der Waals surface area contributed by atoms with Crippen LogP contribution < -0.4 is 10.4 Å². The highest BCUT2D eigenvalue weighted by Gasteiger charge is 2.20. The molecule has 0 spiro atoms. The lowest BCUT2D eigenvalue weighted by molar-refractivity contribution is 0.779. The number of rotatable bonds is 3. The number of hydrogen-bond donors (Lipinski definition) is 1. The maximum atomic E-state index is 6.25. The van der Waals surface area contributed by atoms with Gasteiger partial charge in [0, 0.05) is 24.0 Å². The number of benzene rings is 1. The number of allylic oxidation sites excluding steroid dienone is 1. The van der Waals surface area contributed by atoms with Crippen LogP contribution in [0.5, 0.6) is 0 Å². The lowest BCUT2D eigenvalue weighted by Crippen LogP contribution is -2.32. The van der Waals surface area contributed by atoms with Crippen molar-refractivity contribution in [3.05, 3.63) is 70.6 Å². The van der Waals surface area contributed by atoms with Crippen molar-refractivity contribution in [1.82, 2.24) is 10.4 Å². The summed E-state index contributed by atoms with van der Waals surface area (Å²) in [5.74, 6) is 0. The number of halogens is 1. The molecule has 4 heteroatoms. The molecule has 0 radical (unpaired) electrons. The normalized spacial score (nSPS) is 14.6. The Morgan fingerprint density at radius 1 is 1.20 bits per heavy atom. The van der Waals surface area contributed by atoms with Gasteiger partial charge in [0.15, 0.2) is 0 Å². The minimum Gasteiger partial charge on any atom is -0.302 e. The quantitative estimate of drug-likeness (QED) is 0.934. The smallest absolute Gasteiger partial charge is 0.0761 e. The Morgan fingerprint density at radius 3 is 2.75 bits per heavy atom. The van der Waals surface area contributed by atoms with Gasteiger partial charge in [-0.15, -0.1) is 0 Å². The third-order valence-electron chi connectivity index (χ3n) is 3.41. The summed E-state index contributed by atoms with van der Waals surface area (Å²) in [7, 11) is 0. The molecule has 1 aromatic carbocycles. The van der Waals surface area contributed by atoms with Crippen LogP contribution in [0.15, 0.2) is 59.9 Å². The minimum atomic E-state index is 0.756. The van der Waals surface area contributed by atoms with Gasteiger partial charge < -0.3 is 5.43 Å². The van der Waals surface area contributed by atoms with Crippen LogP contribution in [0.25, 0.3) is 0 Å². The zero-order chi connectivity index (χ0) is 13.9. The van der Waals surface area contributed by atoms with Gasteiger partial charge in [0.2, 0.25) is 0 Å². The summed E-state index contributed by atoms with van der Waals surface area (Å²) < 4.78 is 0. The average molecular weight is 286 g/mol. The number of hydrogen-bond acceptors (Lipinski definition) is 3. The zero-order valence-electron chi connectivity index (χ0n) is 11.3. The number of hydrazine groups is 1. The first kappa shape index (κ1) is 13.0. The molecule has 0 aliphatic carbocycles. The molecule has 2 aromatic rings. The summed E-state index contributed by atoms with van der Waals surface area (Å²) in [6, 6.07) is 13.9. The molecule has 0 fully saturated rings. The molecule has 0 bridgehead atoms. The van der Waals surface area contributed by atoms with Crippen LogP contribution in [0.4, 0.5) is 5.69 Å². The van der Waals surface area contributed by atoms with Crippen molar-refractivity contribution in [1.29, 1.82) is 0 Å². The molecule has 0 saturated carbocycles. The summed E-state index contributed by atoms with van der Waals surface area (Å²) in [6.07, 6.45) is 2.64. The van der Waals surface area contributed by atoms with Gasteiger partial charge >= 0.3 is 0 Å². The van der Waals surface area contributed by atoms with Crippen molar-refractivity contribution in [3.8, 4) is 0 Å². The van der Waals surface area contributed by atoms with Crippen LogP contribution in [0, 0.1) is 0 Å². The Kier molecular flexibility index (Phi) is 3.61. The first-order valence-electron chi connectivity index (χ1n) is 6.61. The Labute approximate surface area is 123 Å². The number of anilines is 1. The van der Waals surface area contributed by atoms with Gasteiger partial charge in [-0.25, -0.2) is 0 Å². The average Bonchev–Trinajstić information content (AvgIpc) is 2.81. The van der Waals surface area contributed by atoms with E-state index in [9.17, 15) is 0 Å². The SMILES string of the molecule is CC1=C(Cc2ccccn2)NN(c2ccccc2Cl)C1. The Bertz CT molecular complexity index is 637. The molecule has 1 aliphatic heterocycles. The molecule has 0 unspecified atom stereocenters. The largest absolute Gasteiger partial charge is 0.302 e. The number of nitrogens with one attached hydrogen (secondary N) is 1. The van der Waals surface area contributed by atoms with Crippen molar-refractivity contribution in [3.63, 3.8) is 0 Å². The van der Waals surface area contributed by atoms with E-state index < -0.39 is 0 Å². The first-order valence-corrected chi connectivity index (χ1v) is 6.99. The number of aromatic nitrogens is 1. The van der Waals surface area contributed by atoms with E-state index in [1.807, 2.05) is 48.7 Å². The highest BCUT2D eigenvalue weighted by molar-refractivity contribution is 6.33. The molecule has 102 valence electrons. The molecule has 3 rings (SSSR count). The van der Waals surface area contributed by atoms with Crippen LogP contribution in [-0.4, -0.2) is 11.5 Å². The molecule has 20 heavy (non-hydrogen) atoms. The van der Waals surface area contributed by atoms with Crippen LogP contribution in [0.2, 0.25) is 5.02 Å². The van der Waals surface area contributed by atoms with Gasteiger partial charge in [-0.2, -0.15) is 0 Å². The molecule has 1 aromatic heterocycles. The van der Waals surface area contributed by atoms with Crippen LogP contribution >= 0.6 is 11.6 Å². The molecular formula is C16H16ClN3. The molecular weight excluding hydrogens is 270 g/mol.